The van der Waals surface area contributed by atoms with Gasteiger partial charge in [0.05, 0.1) is 5.69 Å². The zero-order valence-corrected chi connectivity index (χ0v) is 13.9. The van der Waals surface area contributed by atoms with Crippen LogP contribution in [0, 0.1) is 0 Å². The fourth-order valence-electron chi connectivity index (χ4n) is 4.26. The van der Waals surface area contributed by atoms with Crippen LogP contribution >= 0.6 is 0 Å². The van der Waals surface area contributed by atoms with Crippen LogP contribution in [-0.4, -0.2) is 22.1 Å². The molecule has 1 saturated carbocycles. The second-order valence-corrected chi connectivity index (χ2v) is 6.83. The molecule has 0 unspecified atom stereocenters. The summed E-state index contributed by atoms with van der Waals surface area (Å²) in [6, 6.07) is 10.9. The summed E-state index contributed by atoms with van der Waals surface area (Å²) in [6.07, 6.45) is 11.9. The lowest BCUT2D eigenvalue weighted by atomic mass is 10.2. The van der Waals surface area contributed by atoms with Crippen molar-refractivity contribution in [3.63, 3.8) is 0 Å². The van der Waals surface area contributed by atoms with E-state index in [1.807, 2.05) is 18.3 Å². The minimum absolute atomic E-state index is 0.319. The molecule has 0 saturated heterocycles. The summed E-state index contributed by atoms with van der Waals surface area (Å²) in [5, 5.41) is 1.09. The molecule has 24 heavy (non-hydrogen) atoms. The maximum absolute atomic E-state index is 6.15. The largest absolute Gasteiger partial charge is 0.452 e. The van der Waals surface area contributed by atoms with Gasteiger partial charge in [0.15, 0.2) is 11.2 Å². The maximum atomic E-state index is 6.15. The molecular formula is C20H21N3O. The molecule has 4 nitrogen and oxygen atoms in total. The van der Waals surface area contributed by atoms with E-state index in [2.05, 4.69) is 52.3 Å². The Morgan fingerprint density at radius 1 is 1.08 bits per heavy atom. The van der Waals surface area contributed by atoms with Gasteiger partial charge in [-0.25, -0.2) is 0 Å². The van der Waals surface area contributed by atoms with Crippen LogP contribution in [0.15, 0.2) is 53.3 Å². The molecule has 0 amide bonds. The molecule has 2 aromatic heterocycles. The third-order valence-electron chi connectivity index (χ3n) is 5.49. The minimum Gasteiger partial charge on any atom is -0.452 e. The van der Waals surface area contributed by atoms with Crippen LogP contribution in [0.25, 0.3) is 22.1 Å². The topological polar surface area (TPSA) is 32.5 Å². The van der Waals surface area contributed by atoms with Crippen molar-refractivity contribution in [1.82, 2.24) is 9.88 Å². The Balaban J connectivity index is 1.58. The Kier molecular flexibility index (Phi) is 3.05. The van der Waals surface area contributed by atoms with Crippen molar-refractivity contribution in [2.75, 3.05) is 4.90 Å². The second-order valence-electron chi connectivity index (χ2n) is 6.83. The van der Waals surface area contributed by atoms with Crippen molar-refractivity contribution in [2.45, 2.75) is 44.8 Å². The lowest BCUT2D eigenvalue weighted by molar-refractivity contribution is 0.237. The summed E-state index contributed by atoms with van der Waals surface area (Å²) < 4.78 is 6.15. The predicted octanol–water partition coefficient (Wildman–Crippen LogP) is 4.86. The SMILES string of the molecule is C[C@@H]1N(c2cccc3c2oc2cccnc23)C=CN1C1CCCC1. The molecule has 1 aromatic carbocycles. The molecule has 5 rings (SSSR count). The Morgan fingerprint density at radius 2 is 1.96 bits per heavy atom. The van der Waals surface area contributed by atoms with E-state index >= 15 is 0 Å². The first-order valence-electron chi connectivity index (χ1n) is 8.83. The van der Waals surface area contributed by atoms with E-state index in [0.29, 0.717) is 12.2 Å². The van der Waals surface area contributed by atoms with Gasteiger partial charge < -0.3 is 14.2 Å². The van der Waals surface area contributed by atoms with Crippen LogP contribution in [0.1, 0.15) is 32.6 Å². The molecule has 1 atom stereocenters. The van der Waals surface area contributed by atoms with Crippen molar-refractivity contribution in [3.8, 4) is 0 Å². The molecule has 4 heteroatoms. The Bertz CT molecular complexity index is 923. The molecule has 122 valence electrons. The van der Waals surface area contributed by atoms with Crippen molar-refractivity contribution < 1.29 is 4.42 Å². The standard InChI is InChI=1S/C20H21N3O/c1-14-22(15-6-2-3-7-15)12-13-23(14)17-9-4-8-16-19-18(24-20(16)17)10-5-11-21-19/h4-5,8-15H,2-3,6-7H2,1H3/t14-/m0/s1. The van der Waals surface area contributed by atoms with Crippen LogP contribution in [-0.2, 0) is 0 Å². The number of pyridine rings is 1. The summed E-state index contributed by atoms with van der Waals surface area (Å²) in [4.78, 5) is 9.32. The van der Waals surface area contributed by atoms with Gasteiger partial charge in [0.1, 0.15) is 11.7 Å². The lowest BCUT2D eigenvalue weighted by Crippen LogP contribution is -2.40. The van der Waals surface area contributed by atoms with Gasteiger partial charge in [-0.1, -0.05) is 18.9 Å². The van der Waals surface area contributed by atoms with E-state index in [9.17, 15) is 0 Å². The minimum atomic E-state index is 0.319. The molecule has 3 aromatic rings. The highest BCUT2D eigenvalue weighted by Crippen LogP contribution is 2.38. The first kappa shape index (κ1) is 13.9. The summed E-state index contributed by atoms with van der Waals surface area (Å²) in [5.41, 5.74) is 3.84. The number of para-hydroxylation sites is 1. The molecule has 1 aliphatic carbocycles. The number of furan rings is 1. The van der Waals surface area contributed by atoms with Crippen LogP contribution in [0.3, 0.4) is 0 Å². The van der Waals surface area contributed by atoms with Crippen molar-refractivity contribution >= 4 is 27.8 Å². The van der Waals surface area contributed by atoms with Gasteiger partial charge >= 0.3 is 0 Å². The molecule has 0 bridgehead atoms. The third-order valence-corrected chi connectivity index (χ3v) is 5.49. The van der Waals surface area contributed by atoms with E-state index in [-0.39, 0.29) is 0 Å². The number of rotatable bonds is 2. The predicted molar refractivity (Wildman–Crippen MR) is 96.7 cm³/mol. The quantitative estimate of drug-likeness (QED) is 0.675. The second kappa shape index (κ2) is 5.26. The summed E-state index contributed by atoms with van der Waals surface area (Å²) in [6.45, 7) is 2.28. The summed E-state index contributed by atoms with van der Waals surface area (Å²) >= 11 is 0. The molecule has 0 spiro atoms. The Labute approximate surface area is 141 Å². The lowest BCUT2D eigenvalue weighted by Gasteiger charge is -2.33. The smallest absolute Gasteiger partial charge is 0.160 e. The van der Waals surface area contributed by atoms with Gasteiger partial charge in [-0.15, -0.1) is 0 Å². The van der Waals surface area contributed by atoms with Crippen molar-refractivity contribution in [1.29, 1.82) is 0 Å². The summed E-state index contributed by atoms with van der Waals surface area (Å²) in [5.74, 6) is 0. The van der Waals surface area contributed by atoms with E-state index in [1.54, 1.807) is 0 Å². The highest BCUT2D eigenvalue weighted by atomic mass is 16.3. The average molecular weight is 319 g/mol. The van der Waals surface area contributed by atoms with Gasteiger partial charge in [0.2, 0.25) is 0 Å². The molecule has 3 heterocycles. The van der Waals surface area contributed by atoms with Gasteiger partial charge in [-0.05, 0) is 44.0 Å². The number of fused-ring (bicyclic) bond motifs is 3. The number of aromatic nitrogens is 1. The number of hydrogen-bond donors (Lipinski definition) is 0. The highest BCUT2D eigenvalue weighted by molar-refractivity contribution is 6.07. The third kappa shape index (κ3) is 1.95. The number of benzene rings is 1. The van der Waals surface area contributed by atoms with Crippen LogP contribution in [0.2, 0.25) is 0 Å². The van der Waals surface area contributed by atoms with E-state index in [1.165, 1.54) is 25.7 Å². The van der Waals surface area contributed by atoms with E-state index in [4.69, 9.17) is 4.42 Å². The molecule has 1 aliphatic heterocycles. The van der Waals surface area contributed by atoms with Crippen molar-refractivity contribution in [3.05, 3.63) is 48.9 Å². The fraction of sp³-hybridized carbons (Fsp3) is 0.350. The van der Waals surface area contributed by atoms with Gasteiger partial charge in [-0.3, -0.25) is 4.98 Å². The van der Waals surface area contributed by atoms with Gasteiger partial charge in [0, 0.05) is 30.0 Å². The molecular weight excluding hydrogens is 298 g/mol. The van der Waals surface area contributed by atoms with Gasteiger partial charge in [-0.2, -0.15) is 0 Å². The van der Waals surface area contributed by atoms with Crippen molar-refractivity contribution in [2.24, 2.45) is 0 Å². The average Bonchev–Trinajstić information content (AvgIpc) is 3.32. The number of anilines is 1. The molecule has 2 aliphatic rings. The van der Waals surface area contributed by atoms with E-state index in [0.717, 1.165) is 27.8 Å². The molecule has 0 N–H and O–H groups in total. The van der Waals surface area contributed by atoms with Crippen LogP contribution in [0.5, 0.6) is 0 Å². The van der Waals surface area contributed by atoms with Crippen LogP contribution < -0.4 is 4.90 Å². The first-order valence-corrected chi connectivity index (χ1v) is 8.83. The number of nitrogens with zero attached hydrogens (tertiary/aromatic N) is 3. The van der Waals surface area contributed by atoms with Crippen LogP contribution in [0.4, 0.5) is 5.69 Å². The zero-order valence-electron chi connectivity index (χ0n) is 13.9. The zero-order chi connectivity index (χ0) is 16.1. The monoisotopic (exact) mass is 319 g/mol. The molecule has 0 radical (unpaired) electrons. The highest BCUT2D eigenvalue weighted by Gasteiger charge is 2.31. The number of hydrogen-bond acceptors (Lipinski definition) is 4. The normalized spacial score (nSPS) is 21.6. The summed E-state index contributed by atoms with van der Waals surface area (Å²) in [7, 11) is 0. The Hall–Kier alpha value is -2.49. The Morgan fingerprint density at radius 3 is 2.83 bits per heavy atom. The molecule has 1 fully saturated rings. The van der Waals surface area contributed by atoms with Gasteiger partial charge in [0.25, 0.3) is 0 Å². The van der Waals surface area contributed by atoms with E-state index < -0.39 is 0 Å². The fourth-order valence-corrected chi connectivity index (χ4v) is 4.26. The first-order chi connectivity index (χ1) is 11.8. The maximum Gasteiger partial charge on any atom is 0.160 e.